The quantitative estimate of drug-likeness (QED) is 0.397. The minimum atomic E-state index is -0.451. The Morgan fingerprint density at radius 1 is 1.16 bits per heavy atom. The molecule has 0 aliphatic rings. The zero-order valence-electron chi connectivity index (χ0n) is 13.7. The van der Waals surface area contributed by atoms with Gasteiger partial charge in [0.2, 0.25) is 0 Å². The molecule has 132 valence electrons. The molecule has 0 bridgehead atoms. The molecule has 0 heterocycles. The van der Waals surface area contributed by atoms with Crippen LogP contribution in [0.3, 0.4) is 0 Å². The van der Waals surface area contributed by atoms with Crippen LogP contribution in [-0.2, 0) is 0 Å². The molecule has 0 aliphatic heterocycles. The van der Waals surface area contributed by atoms with Crippen molar-refractivity contribution in [2.45, 2.75) is 13.0 Å². The fourth-order valence-corrected chi connectivity index (χ4v) is 2.61. The Labute approximate surface area is 150 Å². The second kappa shape index (κ2) is 8.89. The van der Waals surface area contributed by atoms with Crippen LogP contribution in [-0.4, -0.2) is 24.0 Å². The molecule has 1 atom stereocenters. The summed E-state index contributed by atoms with van der Waals surface area (Å²) < 4.78 is 0. The maximum absolute atomic E-state index is 11.9. The zero-order chi connectivity index (χ0) is 18.2. The Morgan fingerprint density at radius 2 is 1.84 bits per heavy atom. The zero-order valence-corrected chi connectivity index (χ0v) is 14.4. The van der Waals surface area contributed by atoms with Gasteiger partial charge >= 0.3 is 6.03 Å². The summed E-state index contributed by atoms with van der Waals surface area (Å²) in [5.41, 5.74) is 1.25. The molecule has 25 heavy (non-hydrogen) atoms. The number of nitrogens with zero attached hydrogens (tertiary/aromatic N) is 1. The number of rotatable bonds is 7. The minimum absolute atomic E-state index is 0.000654. The number of hydrogen-bond donors (Lipinski definition) is 3. The van der Waals surface area contributed by atoms with Gasteiger partial charge in [-0.2, -0.15) is 0 Å². The first kappa shape index (κ1) is 18.5. The predicted octanol–water partition coefficient (Wildman–Crippen LogP) is 3.72. The lowest BCUT2D eigenvalue weighted by Gasteiger charge is -2.16. The van der Waals surface area contributed by atoms with E-state index in [9.17, 15) is 14.9 Å². The van der Waals surface area contributed by atoms with Gasteiger partial charge in [-0.15, -0.1) is 0 Å². The topological polar surface area (TPSA) is 96.3 Å². The SMILES string of the molecule is CC(NC(=O)NCCNc1ccccc1[N+](=O)[O-])c1ccccc1Cl. The second-order valence-electron chi connectivity index (χ2n) is 5.34. The summed E-state index contributed by atoms with van der Waals surface area (Å²) >= 11 is 6.10. The van der Waals surface area contributed by atoms with Crippen molar-refractivity contribution in [1.82, 2.24) is 10.6 Å². The Balaban J connectivity index is 1.78. The summed E-state index contributed by atoms with van der Waals surface area (Å²) in [7, 11) is 0. The lowest BCUT2D eigenvalue weighted by atomic mass is 10.1. The molecule has 2 aromatic carbocycles. The monoisotopic (exact) mass is 362 g/mol. The Bertz CT molecular complexity index is 754. The summed E-state index contributed by atoms with van der Waals surface area (Å²) in [6, 6.07) is 13.1. The molecular weight excluding hydrogens is 344 g/mol. The standard InChI is InChI=1S/C17H19ClN4O3/c1-12(13-6-2-3-7-14(13)18)21-17(23)20-11-10-19-15-8-4-5-9-16(15)22(24)25/h2-9,12,19H,10-11H2,1H3,(H2,20,21,23). The van der Waals surface area contributed by atoms with Crippen LogP contribution >= 0.6 is 11.6 Å². The third-order valence-electron chi connectivity index (χ3n) is 3.55. The third-order valence-corrected chi connectivity index (χ3v) is 3.89. The third kappa shape index (κ3) is 5.36. The van der Waals surface area contributed by atoms with Gasteiger partial charge in [0.05, 0.1) is 11.0 Å². The molecule has 0 aliphatic carbocycles. The van der Waals surface area contributed by atoms with Crippen LogP contribution in [0.1, 0.15) is 18.5 Å². The summed E-state index contributed by atoms with van der Waals surface area (Å²) in [4.78, 5) is 22.4. The van der Waals surface area contributed by atoms with Gasteiger partial charge < -0.3 is 16.0 Å². The van der Waals surface area contributed by atoms with Gasteiger partial charge in [-0.25, -0.2) is 4.79 Å². The predicted molar refractivity (Wildman–Crippen MR) is 98.0 cm³/mol. The highest BCUT2D eigenvalue weighted by Crippen LogP contribution is 2.23. The van der Waals surface area contributed by atoms with Crippen molar-refractivity contribution in [2.75, 3.05) is 18.4 Å². The highest BCUT2D eigenvalue weighted by atomic mass is 35.5. The Hall–Kier alpha value is -2.80. The number of nitrogens with one attached hydrogen (secondary N) is 3. The van der Waals surface area contributed by atoms with Crippen molar-refractivity contribution >= 4 is 29.0 Å². The number of nitro groups is 1. The van der Waals surface area contributed by atoms with E-state index in [1.165, 1.54) is 6.07 Å². The summed E-state index contributed by atoms with van der Waals surface area (Å²) in [6.07, 6.45) is 0. The first-order valence-corrected chi connectivity index (χ1v) is 8.13. The molecule has 2 aromatic rings. The highest BCUT2D eigenvalue weighted by molar-refractivity contribution is 6.31. The van der Waals surface area contributed by atoms with Crippen molar-refractivity contribution in [3.05, 3.63) is 69.2 Å². The van der Waals surface area contributed by atoms with Gasteiger partial charge in [0.15, 0.2) is 0 Å². The van der Waals surface area contributed by atoms with Crippen LogP contribution in [0.15, 0.2) is 48.5 Å². The fourth-order valence-electron chi connectivity index (χ4n) is 2.31. The molecule has 0 spiro atoms. The van der Waals surface area contributed by atoms with Gasteiger partial charge in [-0.1, -0.05) is 41.9 Å². The maximum atomic E-state index is 11.9. The summed E-state index contributed by atoms with van der Waals surface area (Å²) in [5.74, 6) is 0. The molecule has 0 radical (unpaired) electrons. The molecule has 0 fully saturated rings. The molecule has 1 unspecified atom stereocenters. The van der Waals surface area contributed by atoms with Crippen molar-refractivity contribution in [3.8, 4) is 0 Å². The number of hydrogen-bond acceptors (Lipinski definition) is 4. The average molecular weight is 363 g/mol. The number of amides is 2. The number of carbonyl (C=O) groups is 1. The number of para-hydroxylation sites is 2. The summed E-state index contributed by atoms with van der Waals surface area (Å²) in [6.45, 7) is 2.51. The smallest absolute Gasteiger partial charge is 0.315 e. The van der Waals surface area contributed by atoms with Crippen LogP contribution in [0.2, 0.25) is 5.02 Å². The van der Waals surface area contributed by atoms with Crippen molar-refractivity contribution in [3.63, 3.8) is 0 Å². The molecule has 2 rings (SSSR count). The molecule has 8 heteroatoms. The van der Waals surface area contributed by atoms with E-state index in [2.05, 4.69) is 16.0 Å². The van der Waals surface area contributed by atoms with E-state index < -0.39 is 4.92 Å². The van der Waals surface area contributed by atoms with E-state index in [0.717, 1.165) is 5.56 Å². The number of benzene rings is 2. The molecular formula is C17H19ClN4O3. The average Bonchev–Trinajstić information content (AvgIpc) is 2.59. The minimum Gasteiger partial charge on any atom is -0.378 e. The lowest BCUT2D eigenvalue weighted by Crippen LogP contribution is -2.39. The van der Waals surface area contributed by atoms with E-state index in [0.29, 0.717) is 23.8 Å². The van der Waals surface area contributed by atoms with Crippen LogP contribution in [0, 0.1) is 10.1 Å². The molecule has 0 aromatic heterocycles. The number of anilines is 1. The maximum Gasteiger partial charge on any atom is 0.315 e. The second-order valence-corrected chi connectivity index (χ2v) is 5.75. The van der Waals surface area contributed by atoms with Crippen molar-refractivity contribution in [2.24, 2.45) is 0 Å². The van der Waals surface area contributed by atoms with Crippen LogP contribution < -0.4 is 16.0 Å². The van der Waals surface area contributed by atoms with E-state index >= 15 is 0 Å². The van der Waals surface area contributed by atoms with Gasteiger partial charge in [-0.05, 0) is 24.6 Å². The Kier molecular flexibility index (Phi) is 6.59. The van der Waals surface area contributed by atoms with Gasteiger partial charge in [0.25, 0.3) is 5.69 Å². The molecule has 2 amide bonds. The van der Waals surface area contributed by atoms with E-state index in [-0.39, 0.29) is 17.8 Å². The fraction of sp³-hybridized carbons (Fsp3) is 0.235. The lowest BCUT2D eigenvalue weighted by molar-refractivity contribution is -0.384. The first-order valence-electron chi connectivity index (χ1n) is 7.75. The molecule has 0 saturated heterocycles. The number of urea groups is 1. The van der Waals surface area contributed by atoms with Crippen LogP contribution in [0.4, 0.5) is 16.2 Å². The van der Waals surface area contributed by atoms with Crippen LogP contribution in [0.25, 0.3) is 0 Å². The van der Waals surface area contributed by atoms with Gasteiger partial charge in [0, 0.05) is 24.2 Å². The van der Waals surface area contributed by atoms with Crippen molar-refractivity contribution < 1.29 is 9.72 Å². The van der Waals surface area contributed by atoms with Crippen LogP contribution in [0.5, 0.6) is 0 Å². The number of nitro benzene ring substituents is 1. The van der Waals surface area contributed by atoms with E-state index in [1.807, 2.05) is 25.1 Å². The largest absolute Gasteiger partial charge is 0.378 e. The van der Waals surface area contributed by atoms with E-state index in [4.69, 9.17) is 11.6 Å². The van der Waals surface area contributed by atoms with Gasteiger partial charge in [-0.3, -0.25) is 10.1 Å². The molecule has 3 N–H and O–H groups in total. The molecule has 7 nitrogen and oxygen atoms in total. The number of carbonyl (C=O) groups excluding carboxylic acids is 1. The van der Waals surface area contributed by atoms with Gasteiger partial charge in [0.1, 0.15) is 5.69 Å². The number of halogens is 1. The highest BCUT2D eigenvalue weighted by Gasteiger charge is 2.13. The normalized spacial score (nSPS) is 11.4. The molecule has 0 saturated carbocycles. The first-order chi connectivity index (χ1) is 12.0. The van der Waals surface area contributed by atoms with E-state index in [1.54, 1.807) is 24.3 Å². The Morgan fingerprint density at radius 3 is 2.56 bits per heavy atom. The van der Waals surface area contributed by atoms with Crippen molar-refractivity contribution in [1.29, 1.82) is 0 Å². The summed E-state index contributed by atoms with van der Waals surface area (Å²) in [5, 5.41) is 19.9.